The predicted octanol–water partition coefficient (Wildman–Crippen LogP) is -0.260. The first-order valence-corrected chi connectivity index (χ1v) is 7.36. The Hall–Kier alpha value is -1.14. The van der Waals surface area contributed by atoms with Gasteiger partial charge in [0.1, 0.15) is 0 Å². The largest absolute Gasteiger partial charge is 0.379 e. The highest BCUT2D eigenvalue weighted by molar-refractivity contribution is 5.83. The van der Waals surface area contributed by atoms with Crippen LogP contribution in [0.15, 0.2) is 0 Å². The summed E-state index contributed by atoms with van der Waals surface area (Å²) in [6.07, 6.45) is 1.10. The minimum atomic E-state index is -0.0896. The Morgan fingerprint density at radius 1 is 1.45 bits per heavy atom. The Labute approximate surface area is 120 Å². The lowest BCUT2D eigenvalue weighted by molar-refractivity contribution is -0.129. The van der Waals surface area contributed by atoms with E-state index in [0.717, 1.165) is 26.3 Å². The SMILES string of the molecule is CC(C)(CNC(=O)C1CCC(=O)NC1)N1CCOCC1. The summed E-state index contributed by atoms with van der Waals surface area (Å²) in [5.41, 5.74) is -0.0721. The molecule has 2 heterocycles. The Kier molecular flexibility index (Phi) is 4.99. The Balaban J connectivity index is 1.78. The number of carbonyl (C=O) groups excluding carboxylic acids is 2. The van der Waals surface area contributed by atoms with E-state index in [0.29, 0.717) is 25.9 Å². The van der Waals surface area contributed by atoms with E-state index in [1.165, 1.54) is 0 Å². The van der Waals surface area contributed by atoms with Crippen LogP contribution in [-0.4, -0.2) is 61.6 Å². The van der Waals surface area contributed by atoms with Crippen LogP contribution in [0.4, 0.5) is 0 Å². The molecular weight excluding hydrogens is 258 g/mol. The summed E-state index contributed by atoms with van der Waals surface area (Å²) in [5, 5.41) is 5.78. The quantitative estimate of drug-likeness (QED) is 0.746. The Bertz CT molecular complexity index is 355. The number of amides is 2. The molecule has 0 aromatic rings. The minimum Gasteiger partial charge on any atom is -0.379 e. The van der Waals surface area contributed by atoms with Crippen molar-refractivity contribution in [3.63, 3.8) is 0 Å². The number of morpholine rings is 1. The highest BCUT2D eigenvalue weighted by Crippen LogP contribution is 2.16. The van der Waals surface area contributed by atoms with E-state index < -0.39 is 0 Å². The summed E-state index contributed by atoms with van der Waals surface area (Å²) in [4.78, 5) is 25.6. The summed E-state index contributed by atoms with van der Waals surface area (Å²) in [6.45, 7) is 8.68. The van der Waals surface area contributed by atoms with E-state index in [1.807, 2.05) is 0 Å². The van der Waals surface area contributed by atoms with Gasteiger partial charge in [0.25, 0.3) is 0 Å². The van der Waals surface area contributed by atoms with Crippen LogP contribution in [0, 0.1) is 5.92 Å². The van der Waals surface area contributed by atoms with Crippen molar-refractivity contribution in [1.82, 2.24) is 15.5 Å². The van der Waals surface area contributed by atoms with Gasteiger partial charge in [-0.05, 0) is 20.3 Å². The molecule has 6 heteroatoms. The zero-order valence-electron chi connectivity index (χ0n) is 12.4. The Morgan fingerprint density at radius 2 is 2.15 bits per heavy atom. The number of nitrogens with zero attached hydrogens (tertiary/aromatic N) is 1. The van der Waals surface area contributed by atoms with Gasteiger partial charge in [0.05, 0.1) is 19.1 Å². The first-order chi connectivity index (χ1) is 9.49. The maximum Gasteiger partial charge on any atom is 0.224 e. The lowest BCUT2D eigenvalue weighted by Crippen LogP contribution is -2.56. The summed E-state index contributed by atoms with van der Waals surface area (Å²) in [6, 6.07) is 0. The lowest BCUT2D eigenvalue weighted by Gasteiger charge is -2.41. The lowest BCUT2D eigenvalue weighted by atomic mass is 9.97. The van der Waals surface area contributed by atoms with E-state index in [9.17, 15) is 9.59 Å². The summed E-state index contributed by atoms with van der Waals surface area (Å²) >= 11 is 0. The van der Waals surface area contributed by atoms with Gasteiger partial charge < -0.3 is 15.4 Å². The standard InChI is InChI=1S/C14H25N3O3/c1-14(2,17-5-7-20-8-6-17)10-16-13(19)11-3-4-12(18)15-9-11/h11H,3-10H2,1-2H3,(H,15,18)(H,16,19). The van der Waals surface area contributed by atoms with Crippen molar-refractivity contribution in [2.75, 3.05) is 39.4 Å². The van der Waals surface area contributed by atoms with Gasteiger partial charge in [-0.1, -0.05) is 0 Å². The molecule has 0 aromatic heterocycles. The van der Waals surface area contributed by atoms with Crippen molar-refractivity contribution < 1.29 is 14.3 Å². The van der Waals surface area contributed by atoms with E-state index in [4.69, 9.17) is 4.74 Å². The number of rotatable bonds is 4. The molecule has 0 aromatic carbocycles. The number of hydrogen-bond donors (Lipinski definition) is 2. The van der Waals surface area contributed by atoms with Crippen LogP contribution >= 0.6 is 0 Å². The molecule has 0 aliphatic carbocycles. The van der Waals surface area contributed by atoms with Gasteiger partial charge >= 0.3 is 0 Å². The van der Waals surface area contributed by atoms with Crippen molar-refractivity contribution in [2.45, 2.75) is 32.2 Å². The number of ether oxygens (including phenoxy) is 1. The van der Waals surface area contributed by atoms with E-state index >= 15 is 0 Å². The van der Waals surface area contributed by atoms with Crippen LogP contribution in [0.3, 0.4) is 0 Å². The predicted molar refractivity (Wildman–Crippen MR) is 75.2 cm³/mol. The highest BCUT2D eigenvalue weighted by atomic mass is 16.5. The topological polar surface area (TPSA) is 70.7 Å². The third-order valence-corrected chi connectivity index (χ3v) is 4.20. The Morgan fingerprint density at radius 3 is 2.75 bits per heavy atom. The molecule has 2 amide bonds. The van der Waals surface area contributed by atoms with Crippen molar-refractivity contribution in [3.8, 4) is 0 Å². The van der Waals surface area contributed by atoms with E-state index in [2.05, 4.69) is 29.4 Å². The maximum absolute atomic E-state index is 12.1. The van der Waals surface area contributed by atoms with Gasteiger partial charge in [-0.3, -0.25) is 14.5 Å². The highest BCUT2D eigenvalue weighted by Gasteiger charge is 2.30. The zero-order valence-corrected chi connectivity index (χ0v) is 12.4. The molecule has 1 atom stereocenters. The molecule has 2 aliphatic rings. The molecule has 2 N–H and O–H groups in total. The molecule has 0 bridgehead atoms. The van der Waals surface area contributed by atoms with Gasteiger partial charge in [0.15, 0.2) is 0 Å². The summed E-state index contributed by atoms with van der Waals surface area (Å²) in [7, 11) is 0. The maximum atomic E-state index is 12.1. The van der Waals surface area contributed by atoms with Crippen molar-refractivity contribution in [1.29, 1.82) is 0 Å². The monoisotopic (exact) mass is 283 g/mol. The first kappa shape index (κ1) is 15.3. The normalized spacial score (nSPS) is 25.1. The molecule has 0 spiro atoms. The molecule has 20 heavy (non-hydrogen) atoms. The van der Waals surface area contributed by atoms with Crippen molar-refractivity contribution in [2.24, 2.45) is 5.92 Å². The fourth-order valence-corrected chi connectivity index (χ4v) is 2.68. The van der Waals surface area contributed by atoms with Crippen LogP contribution in [0.5, 0.6) is 0 Å². The molecule has 1 unspecified atom stereocenters. The number of piperidine rings is 1. The molecule has 2 aliphatic heterocycles. The smallest absolute Gasteiger partial charge is 0.224 e. The van der Waals surface area contributed by atoms with E-state index in [1.54, 1.807) is 0 Å². The second-order valence-electron chi connectivity index (χ2n) is 6.17. The molecule has 2 saturated heterocycles. The van der Waals surface area contributed by atoms with Gasteiger partial charge in [-0.15, -0.1) is 0 Å². The molecule has 0 radical (unpaired) electrons. The third kappa shape index (κ3) is 3.93. The average molecular weight is 283 g/mol. The zero-order chi connectivity index (χ0) is 14.6. The fraction of sp³-hybridized carbons (Fsp3) is 0.857. The minimum absolute atomic E-state index is 0.0442. The van der Waals surface area contributed by atoms with Gasteiger partial charge in [0.2, 0.25) is 11.8 Å². The van der Waals surface area contributed by atoms with Crippen molar-refractivity contribution >= 4 is 11.8 Å². The second kappa shape index (κ2) is 6.54. The van der Waals surface area contributed by atoms with Crippen LogP contribution in [0.1, 0.15) is 26.7 Å². The number of hydrogen-bond acceptors (Lipinski definition) is 4. The van der Waals surface area contributed by atoms with Crippen LogP contribution in [-0.2, 0) is 14.3 Å². The molecule has 6 nitrogen and oxygen atoms in total. The van der Waals surface area contributed by atoms with Gasteiger partial charge in [0, 0.05) is 38.1 Å². The van der Waals surface area contributed by atoms with Crippen LogP contribution in [0.25, 0.3) is 0 Å². The molecule has 2 fully saturated rings. The van der Waals surface area contributed by atoms with Crippen molar-refractivity contribution in [3.05, 3.63) is 0 Å². The fourth-order valence-electron chi connectivity index (χ4n) is 2.68. The third-order valence-electron chi connectivity index (χ3n) is 4.20. The number of nitrogens with one attached hydrogen (secondary N) is 2. The second-order valence-corrected chi connectivity index (χ2v) is 6.17. The molecule has 0 saturated carbocycles. The van der Waals surface area contributed by atoms with Gasteiger partial charge in [-0.2, -0.15) is 0 Å². The average Bonchev–Trinajstić information content (AvgIpc) is 2.46. The number of carbonyl (C=O) groups is 2. The van der Waals surface area contributed by atoms with Crippen LogP contribution < -0.4 is 10.6 Å². The molecular formula is C14H25N3O3. The molecule has 114 valence electrons. The van der Waals surface area contributed by atoms with Gasteiger partial charge in [-0.25, -0.2) is 0 Å². The first-order valence-electron chi connectivity index (χ1n) is 7.36. The summed E-state index contributed by atoms with van der Waals surface area (Å²) in [5.74, 6) is 0.00206. The van der Waals surface area contributed by atoms with E-state index in [-0.39, 0.29) is 23.3 Å². The van der Waals surface area contributed by atoms with Crippen LogP contribution in [0.2, 0.25) is 0 Å². The summed E-state index contributed by atoms with van der Waals surface area (Å²) < 4.78 is 5.36. The molecule has 2 rings (SSSR count).